The van der Waals surface area contributed by atoms with Crippen LogP contribution in [0.5, 0.6) is 0 Å². The van der Waals surface area contributed by atoms with Gasteiger partial charge in [0.1, 0.15) is 6.10 Å². The van der Waals surface area contributed by atoms with Gasteiger partial charge in [0.2, 0.25) is 0 Å². The average Bonchev–Trinajstić information content (AvgIpc) is 2.74. The summed E-state index contributed by atoms with van der Waals surface area (Å²) in [5.41, 5.74) is 2.33. The fourth-order valence-corrected chi connectivity index (χ4v) is 2.59. The molecule has 76 valence electrons. The first-order valence-electron chi connectivity index (χ1n) is 4.85. The molecule has 2 aliphatic rings. The molecule has 0 amide bonds. The first-order chi connectivity index (χ1) is 7.27. The van der Waals surface area contributed by atoms with Crippen LogP contribution in [-0.2, 0) is 4.84 Å². The van der Waals surface area contributed by atoms with E-state index in [1.807, 2.05) is 36.4 Å². The minimum atomic E-state index is -0.691. The van der Waals surface area contributed by atoms with Crippen LogP contribution in [0.25, 0.3) is 0 Å². The summed E-state index contributed by atoms with van der Waals surface area (Å²) in [6, 6.07) is 7.94. The summed E-state index contributed by atoms with van der Waals surface area (Å²) in [5, 5.41) is 9.69. The molecule has 0 aliphatic heterocycles. The number of fused-ring (bicyclic) bond motifs is 5. The molecular weight excluding hydrogens is 194 g/mol. The van der Waals surface area contributed by atoms with Gasteiger partial charge in [-0.3, -0.25) is 0 Å². The normalized spacial score (nSPS) is 30.3. The van der Waals surface area contributed by atoms with E-state index < -0.39 is 5.09 Å². The van der Waals surface area contributed by atoms with Gasteiger partial charge in [0.25, 0.3) is 5.09 Å². The fourth-order valence-electron chi connectivity index (χ4n) is 2.59. The number of benzene rings is 1. The topological polar surface area (TPSA) is 52.4 Å². The first-order valence-corrected chi connectivity index (χ1v) is 4.85. The molecule has 0 N–H and O–H groups in total. The molecule has 0 radical (unpaired) electrons. The lowest BCUT2D eigenvalue weighted by molar-refractivity contribution is -0.768. The van der Waals surface area contributed by atoms with Gasteiger partial charge in [0, 0.05) is 11.8 Å². The highest BCUT2D eigenvalue weighted by Crippen LogP contribution is 2.49. The minimum absolute atomic E-state index is 0.0524. The Kier molecular flexibility index (Phi) is 1.59. The van der Waals surface area contributed by atoms with Gasteiger partial charge in [-0.1, -0.05) is 36.4 Å². The van der Waals surface area contributed by atoms with Gasteiger partial charge in [-0.05, 0) is 11.1 Å². The molecule has 1 aromatic rings. The van der Waals surface area contributed by atoms with E-state index in [-0.39, 0.29) is 17.9 Å². The SMILES string of the molecule is O=[N+]([O-])OC1[C@@H]2C=C[C@H]1c1ccccc12. The number of nitrogens with zero attached hydrogens (tertiary/aromatic N) is 1. The molecule has 3 rings (SSSR count). The molecule has 4 nitrogen and oxygen atoms in total. The monoisotopic (exact) mass is 203 g/mol. The van der Waals surface area contributed by atoms with Gasteiger partial charge >= 0.3 is 0 Å². The largest absolute Gasteiger partial charge is 0.309 e. The van der Waals surface area contributed by atoms with Crippen LogP contribution >= 0.6 is 0 Å². The predicted octanol–water partition coefficient (Wildman–Crippen LogP) is 2.01. The zero-order valence-electron chi connectivity index (χ0n) is 7.87. The lowest BCUT2D eigenvalue weighted by Gasteiger charge is -2.12. The smallest absolute Gasteiger partial charge is 0.294 e. The molecule has 0 spiro atoms. The van der Waals surface area contributed by atoms with Gasteiger partial charge in [0.05, 0.1) is 0 Å². The molecule has 2 aliphatic carbocycles. The van der Waals surface area contributed by atoms with Crippen molar-refractivity contribution in [1.82, 2.24) is 0 Å². The highest BCUT2D eigenvalue weighted by atomic mass is 17.0. The van der Waals surface area contributed by atoms with E-state index in [1.54, 1.807) is 0 Å². The maximum absolute atomic E-state index is 10.4. The molecule has 0 fully saturated rings. The Labute approximate surface area is 86.3 Å². The van der Waals surface area contributed by atoms with Crippen molar-refractivity contribution < 1.29 is 9.92 Å². The summed E-state index contributed by atoms with van der Waals surface area (Å²) < 4.78 is 0. The van der Waals surface area contributed by atoms with E-state index in [0.29, 0.717) is 0 Å². The van der Waals surface area contributed by atoms with E-state index in [9.17, 15) is 10.1 Å². The van der Waals surface area contributed by atoms with Crippen molar-refractivity contribution in [1.29, 1.82) is 0 Å². The predicted molar refractivity (Wildman–Crippen MR) is 52.9 cm³/mol. The van der Waals surface area contributed by atoms with Gasteiger partial charge in [-0.25, -0.2) is 0 Å². The van der Waals surface area contributed by atoms with Crippen LogP contribution in [0.3, 0.4) is 0 Å². The highest BCUT2D eigenvalue weighted by Gasteiger charge is 2.44. The zero-order valence-corrected chi connectivity index (χ0v) is 7.87. The summed E-state index contributed by atoms with van der Waals surface area (Å²) in [6.07, 6.45) is 3.65. The quantitative estimate of drug-likeness (QED) is 0.419. The second kappa shape index (κ2) is 2.82. The second-order valence-corrected chi connectivity index (χ2v) is 3.86. The molecule has 0 heterocycles. The molecule has 15 heavy (non-hydrogen) atoms. The molecule has 3 atom stereocenters. The molecular formula is C11H9NO3. The van der Waals surface area contributed by atoms with Crippen molar-refractivity contribution in [2.24, 2.45) is 0 Å². The standard InChI is InChI=1S/C11H9NO3/c13-12(14)15-11-9-5-6-10(11)8-4-2-1-3-7(8)9/h1-6,9-11H/t9-,10+,11?. The van der Waals surface area contributed by atoms with Gasteiger partial charge in [-0.15, -0.1) is 10.1 Å². The third kappa shape index (κ3) is 1.08. The Morgan fingerprint density at radius 3 is 2.13 bits per heavy atom. The Balaban J connectivity index is 2.00. The molecule has 4 heteroatoms. The zero-order chi connectivity index (χ0) is 10.4. The maximum atomic E-state index is 10.4. The first kappa shape index (κ1) is 8.47. The fraction of sp³-hybridized carbons (Fsp3) is 0.273. The van der Waals surface area contributed by atoms with Crippen LogP contribution in [0.4, 0.5) is 0 Å². The average molecular weight is 203 g/mol. The minimum Gasteiger partial charge on any atom is -0.309 e. The van der Waals surface area contributed by atoms with Gasteiger partial charge in [0.15, 0.2) is 0 Å². The van der Waals surface area contributed by atoms with E-state index in [2.05, 4.69) is 0 Å². The summed E-state index contributed by atoms with van der Waals surface area (Å²) in [4.78, 5) is 15.1. The van der Waals surface area contributed by atoms with Crippen molar-refractivity contribution in [2.45, 2.75) is 17.9 Å². The van der Waals surface area contributed by atoms with Crippen LogP contribution in [0.15, 0.2) is 36.4 Å². The van der Waals surface area contributed by atoms with E-state index in [0.717, 1.165) is 11.1 Å². The Morgan fingerprint density at radius 2 is 1.67 bits per heavy atom. The van der Waals surface area contributed by atoms with Crippen LogP contribution < -0.4 is 0 Å². The van der Waals surface area contributed by atoms with E-state index in [1.165, 1.54) is 0 Å². The molecule has 1 aromatic carbocycles. The highest BCUT2D eigenvalue weighted by molar-refractivity contribution is 5.50. The Bertz CT molecular complexity index is 422. The van der Waals surface area contributed by atoms with Crippen molar-refractivity contribution in [3.05, 3.63) is 57.7 Å². The number of hydrogen-bond acceptors (Lipinski definition) is 3. The van der Waals surface area contributed by atoms with E-state index in [4.69, 9.17) is 4.84 Å². The summed E-state index contributed by atoms with van der Waals surface area (Å²) in [5.74, 6) is 0.105. The second-order valence-electron chi connectivity index (χ2n) is 3.86. The molecule has 0 aromatic heterocycles. The lowest BCUT2D eigenvalue weighted by Crippen LogP contribution is -2.20. The van der Waals surface area contributed by atoms with Crippen LogP contribution in [0.1, 0.15) is 23.0 Å². The van der Waals surface area contributed by atoms with Crippen LogP contribution in [-0.4, -0.2) is 11.2 Å². The van der Waals surface area contributed by atoms with Crippen molar-refractivity contribution in [2.75, 3.05) is 0 Å². The Hall–Kier alpha value is -1.84. The van der Waals surface area contributed by atoms with Crippen LogP contribution in [0.2, 0.25) is 0 Å². The van der Waals surface area contributed by atoms with Crippen molar-refractivity contribution in [3.63, 3.8) is 0 Å². The summed E-state index contributed by atoms with van der Waals surface area (Å²) in [6.45, 7) is 0. The number of rotatable bonds is 2. The summed E-state index contributed by atoms with van der Waals surface area (Å²) >= 11 is 0. The van der Waals surface area contributed by atoms with Crippen molar-refractivity contribution >= 4 is 0 Å². The molecule has 0 saturated carbocycles. The van der Waals surface area contributed by atoms with Crippen LogP contribution in [0, 0.1) is 10.1 Å². The number of hydrogen-bond donors (Lipinski definition) is 0. The molecule has 2 bridgehead atoms. The Morgan fingerprint density at radius 1 is 1.13 bits per heavy atom. The molecule has 1 unspecified atom stereocenters. The van der Waals surface area contributed by atoms with E-state index >= 15 is 0 Å². The third-order valence-electron chi connectivity index (χ3n) is 3.16. The van der Waals surface area contributed by atoms with Crippen molar-refractivity contribution in [3.8, 4) is 0 Å². The third-order valence-corrected chi connectivity index (χ3v) is 3.16. The maximum Gasteiger partial charge on any atom is 0.294 e. The van der Waals surface area contributed by atoms with Gasteiger partial charge in [-0.2, -0.15) is 0 Å². The van der Waals surface area contributed by atoms with Gasteiger partial charge < -0.3 is 4.84 Å². The molecule has 0 saturated heterocycles. The summed E-state index contributed by atoms with van der Waals surface area (Å²) in [7, 11) is 0. The lowest BCUT2D eigenvalue weighted by atomic mass is 9.97.